The van der Waals surface area contributed by atoms with Crippen molar-refractivity contribution in [3.63, 3.8) is 0 Å². The lowest BCUT2D eigenvalue weighted by Crippen LogP contribution is -2.53. The number of nitrogens with one attached hydrogen (secondary N) is 1. The highest BCUT2D eigenvalue weighted by Crippen LogP contribution is 2.18. The molecule has 3 N–H and O–H groups in total. The number of unbranched alkanes of at least 4 members (excludes halogenated alkanes) is 8. The molecule has 0 aliphatic rings. The van der Waals surface area contributed by atoms with Crippen LogP contribution in [0.4, 0.5) is 0 Å². The molecule has 0 spiro atoms. The van der Waals surface area contributed by atoms with E-state index in [-0.39, 0.29) is 18.7 Å². The van der Waals surface area contributed by atoms with E-state index in [9.17, 15) is 28.2 Å². The van der Waals surface area contributed by atoms with Gasteiger partial charge in [-0.2, -0.15) is 4.31 Å². The van der Waals surface area contributed by atoms with Crippen LogP contribution in [-0.4, -0.2) is 59.7 Å². The fraction of sp³-hybridized carbons (Fsp3) is 0.692. The third kappa shape index (κ3) is 12.4. The molecule has 9 heteroatoms. The van der Waals surface area contributed by atoms with Gasteiger partial charge in [-0.1, -0.05) is 83.8 Å². The number of phenols is 1. The summed E-state index contributed by atoms with van der Waals surface area (Å²) >= 11 is 0. The first kappa shape index (κ1) is 30.9. The molecule has 2 atom stereocenters. The fourth-order valence-corrected chi connectivity index (χ4v) is 5.23. The zero-order valence-corrected chi connectivity index (χ0v) is 22.4. The first-order chi connectivity index (χ1) is 16.6. The second kappa shape index (κ2) is 16.5. The number of amides is 1. The monoisotopic (exact) mass is 512 g/mol. The van der Waals surface area contributed by atoms with Crippen LogP contribution >= 0.6 is 0 Å². The van der Waals surface area contributed by atoms with Crippen molar-refractivity contribution < 1.29 is 28.2 Å². The van der Waals surface area contributed by atoms with E-state index < -0.39 is 34.0 Å². The predicted octanol–water partition coefficient (Wildman–Crippen LogP) is 4.47. The van der Waals surface area contributed by atoms with E-state index >= 15 is 0 Å². The summed E-state index contributed by atoms with van der Waals surface area (Å²) in [6.07, 6.45) is 11.0. The summed E-state index contributed by atoms with van der Waals surface area (Å²) in [7, 11) is -3.67. The van der Waals surface area contributed by atoms with Crippen LogP contribution in [0, 0.1) is 0 Å². The molecule has 0 unspecified atom stereocenters. The Labute approximate surface area is 211 Å². The predicted molar refractivity (Wildman–Crippen MR) is 139 cm³/mol. The van der Waals surface area contributed by atoms with E-state index in [1.165, 1.54) is 16.4 Å². The van der Waals surface area contributed by atoms with Crippen molar-refractivity contribution in [1.82, 2.24) is 9.62 Å². The normalized spacial score (nSPS) is 13.5. The quantitative estimate of drug-likeness (QED) is 0.235. The number of hydrogen-bond donors (Lipinski definition) is 3. The smallest absolute Gasteiger partial charge is 0.326 e. The second-order valence-corrected chi connectivity index (χ2v) is 11.2. The van der Waals surface area contributed by atoms with E-state index in [2.05, 4.69) is 19.2 Å². The summed E-state index contributed by atoms with van der Waals surface area (Å²) in [5.74, 6) is -1.71. The molecule has 0 radical (unpaired) electrons. The highest BCUT2D eigenvalue weighted by molar-refractivity contribution is 7.88. The number of carboxylic acid groups (broad SMARTS) is 1. The number of phenolic OH excluding ortho intramolecular Hbond substituents is 1. The van der Waals surface area contributed by atoms with Crippen LogP contribution in [0.2, 0.25) is 0 Å². The minimum atomic E-state index is -3.67. The Morgan fingerprint density at radius 3 is 2.00 bits per heavy atom. The van der Waals surface area contributed by atoms with Crippen LogP contribution in [0.15, 0.2) is 24.3 Å². The molecule has 1 aromatic carbocycles. The maximum atomic E-state index is 13.3. The van der Waals surface area contributed by atoms with Crippen LogP contribution in [0.3, 0.4) is 0 Å². The summed E-state index contributed by atoms with van der Waals surface area (Å²) < 4.78 is 26.6. The molecule has 1 aromatic rings. The second-order valence-electron chi connectivity index (χ2n) is 9.28. The van der Waals surface area contributed by atoms with E-state index in [0.717, 1.165) is 57.6 Å². The van der Waals surface area contributed by atoms with Crippen molar-refractivity contribution in [3.8, 4) is 5.75 Å². The number of aromatic hydroxyl groups is 1. The third-order valence-corrected chi connectivity index (χ3v) is 7.42. The Morgan fingerprint density at radius 1 is 0.914 bits per heavy atom. The molecule has 0 saturated heterocycles. The Balaban J connectivity index is 3.01. The summed E-state index contributed by atoms with van der Waals surface area (Å²) in [6, 6.07) is 3.96. The van der Waals surface area contributed by atoms with Gasteiger partial charge in [-0.3, -0.25) is 4.79 Å². The lowest BCUT2D eigenvalue weighted by atomic mass is 10.0. The largest absolute Gasteiger partial charge is 0.508 e. The molecule has 0 heterocycles. The van der Waals surface area contributed by atoms with Gasteiger partial charge in [0.05, 0.1) is 6.26 Å². The number of rotatable bonds is 19. The summed E-state index contributed by atoms with van der Waals surface area (Å²) in [4.78, 5) is 25.2. The maximum absolute atomic E-state index is 13.3. The lowest BCUT2D eigenvalue weighted by Gasteiger charge is -2.30. The summed E-state index contributed by atoms with van der Waals surface area (Å²) in [6.45, 7) is 4.45. The zero-order chi connectivity index (χ0) is 26.3. The molecular formula is C26H44N2O6S. The Kier molecular flexibility index (Phi) is 14.6. The maximum Gasteiger partial charge on any atom is 0.326 e. The highest BCUT2D eigenvalue weighted by Gasteiger charge is 2.34. The Morgan fingerprint density at radius 2 is 1.46 bits per heavy atom. The van der Waals surface area contributed by atoms with Crippen LogP contribution in [-0.2, 0) is 26.0 Å². The number of hydrogen-bond acceptors (Lipinski definition) is 5. The molecule has 8 nitrogen and oxygen atoms in total. The number of benzene rings is 1. The van der Waals surface area contributed by atoms with Gasteiger partial charge in [0.1, 0.15) is 17.8 Å². The lowest BCUT2D eigenvalue weighted by molar-refractivity contribution is -0.142. The summed E-state index contributed by atoms with van der Waals surface area (Å²) in [5, 5.41) is 21.8. The van der Waals surface area contributed by atoms with Gasteiger partial charge in [-0.15, -0.1) is 0 Å². The van der Waals surface area contributed by atoms with Crippen molar-refractivity contribution >= 4 is 21.9 Å². The van der Waals surface area contributed by atoms with Crippen LogP contribution in [0.1, 0.15) is 90.0 Å². The highest BCUT2D eigenvalue weighted by atomic mass is 32.2. The molecule has 0 saturated carbocycles. The van der Waals surface area contributed by atoms with Gasteiger partial charge in [0.2, 0.25) is 15.9 Å². The van der Waals surface area contributed by atoms with Gasteiger partial charge in [0, 0.05) is 13.0 Å². The molecule has 1 rings (SSSR count). The average Bonchev–Trinajstić information content (AvgIpc) is 2.79. The van der Waals surface area contributed by atoms with Crippen molar-refractivity contribution in [2.75, 3.05) is 12.8 Å². The van der Waals surface area contributed by atoms with Gasteiger partial charge < -0.3 is 15.5 Å². The minimum Gasteiger partial charge on any atom is -0.508 e. The van der Waals surface area contributed by atoms with Crippen molar-refractivity contribution in [2.45, 2.75) is 103 Å². The first-order valence-corrected chi connectivity index (χ1v) is 14.7. The molecule has 35 heavy (non-hydrogen) atoms. The molecule has 0 aliphatic heterocycles. The molecule has 1 amide bonds. The van der Waals surface area contributed by atoms with E-state index in [1.54, 1.807) is 12.1 Å². The van der Waals surface area contributed by atoms with E-state index in [0.29, 0.717) is 24.8 Å². The molecular weight excluding hydrogens is 468 g/mol. The molecule has 0 aliphatic carbocycles. The first-order valence-electron chi connectivity index (χ1n) is 12.9. The van der Waals surface area contributed by atoms with Crippen molar-refractivity contribution in [1.29, 1.82) is 0 Å². The average molecular weight is 513 g/mol. The Hall–Kier alpha value is -2.13. The van der Waals surface area contributed by atoms with Crippen LogP contribution in [0.5, 0.6) is 5.75 Å². The SMILES string of the molecule is CCCCCCCC[C@@H](C(=O)N[C@@H](Cc1ccc(O)cc1)C(=O)O)N(CCCCCC)S(C)(=O)=O. The van der Waals surface area contributed by atoms with Crippen molar-refractivity contribution in [3.05, 3.63) is 29.8 Å². The van der Waals surface area contributed by atoms with Crippen LogP contribution < -0.4 is 5.32 Å². The molecule has 0 aromatic heterocycles. The minimum absolute atomic E-state index is 0.0282. The van der Waals surface area contributed by atoms with Gasteiger partial charge in [-0.25, -0.2) is 13.2 Å². The van der Waals surface area contributed by atoms with Crippen LogP contribution in [0.25, 0.3) is 0 Å². The van der Waals surface area contributed by atoms with E-state index in [1.807, 2.05) is 0 Å². The van der Waals surface area contributed by atoms with E-state index in [4.69, 9.17) is 0 Å². The van der Waals surface area contributed by atoms with Crippen molar-refractivity contribution in [2.24, 2.45) is 0 Å². The fourth-order valence-electron chi connectivity index (χ4n) is 4.11. The summed E-state index contributed by atoms with van der Waals surface area (Å²) in [5.41, 5.74) is 0.641. The number of carbonyl (C=O) groups is 2. The topological polar surface area (TPSA) is 124 Å². The number of nitrogens with zero attached hydrogens (tertiary/aromatic N) is 1. The van der Waals surface area contributed by atoms with Gasteiger partial charge in [0.25, 0.3) is 0 Å². The van der Waals surface area contributed by atoms with Gasteiger partial charge in [-0.05, 0) is 30.5 Å². The molecule has 0 fully saturated rings. The number of aliphatic carboxylic acids is 1. The standard InChI is InChI=1S/C26H44N2O6S/c1-4-6-8-10-11-12-14-24(28(35(3,33)34)19-13-9-7-5-2)25(30)27-23(26(31)32)20-21-15-17-22(29)18-16-21/h15-18,23-24,29H,4-14,19-20H2,1-3H3,(H,27,30)(H,31,32)/t23-,24-/m0/s1. The number of carboxylic acids is 1. The molecule has 0 bridgehead atoms. The number of carbonyl (C=O) groups excluding carboxylic acids is 1. The zero-order valence-electron chi connectivity index (χ0n) is 21.5. The third-order valence-electron chi connectivity index (χ3n) is 6.13. The van der Waals surface area contributed by atoms with Gasteiger partial charge in [0.15, 0.2) is 0 Å². The van der Waals surface area contributed by atoms with Gasteiger partial charge >= 0.3 is 5.97 Å². The molecule has 200 valence electrons. The number of sulfonamides is 1. The Bertz CT molecular complexity index is 857.